The lowest BCUT2D eigenvalue weighted by Crippen LogP contribution is -2.38. The third-order valence-corrected chi connectivity index (χ3v) is 3.66. The second-order valence-corrected chi connectivity index (χ2v) is 5.46. The predicted molar refractivity (Wildman–Crippen MR) is 83.2 cm³/mol. The fourth-order valence-electron chi connectivity index (χ4n) is 2.17. The summed E-state index contributed by atoms with van der Waals surface area (Å²) in [4.78, 5) is 11.3. The standard InChI is InChI=1S/C15H18F3N5O/c1-8-12(14(20)24)7-23(22-8)9(2)13(19)21-11-5-3-10(4-6-11)15(16,17)18/h3-7,9,13,21H,19H2,1-2H3,(H2,20,24). The zero-order valence-corrected chi connectivity index (χ0v) is 13.1. The molecule has 0 saturated heterocycles. The highest BCUT2D eigenvalue weighted by atomic mass is 19.4. The molecule has 0 radical (unpaired) electrons. The van der Waals surface area contributed by atoms with Gasteiger partial charge in [-0.05, 0) is 38.1 Å². The van der Waals surface area contributed by atoms with Gasteiger partial charge in [-0.2, -0.15) is 18.3 Å². The van der Waals surface area contributed by atoms with Gasteiger partial charge in [-0.3, -0.25) is 9.48 Å². The first-order chi connectivity index (χ1) is 11.1. The van der Waals surface area contributed by atoms with E-state index in [9.17, 15) is 18.0 Å². The van der Waals surface area contributed by atoms with Gasteiger partial charge in [0, 0.05) is 11.9 Å². The van der Waals surface area contributed by atoms with E-state index in [0.29, 0.717) is 16.9 Å². The van der Waals surface area contributed by atoms with Crippen LogP contribution in [0.25, 0.3) is 0 Å². The van der Waals surface area contributed by atoms with Crippen LogP contribution in [0.2, 0.25) is 0 Å². The van der Waals surface area contributed by atoms with E-state index in [-0.39, 0.29) is 6.04 Å². The lowest BCUT2D eigenvalue weighted by atomic mass is 10.2. The number of hydrogen-bond acceptors (Lipinski definition) is 4. The maximum atomic E-state index is 12.5. The van der Waals surface area contributed by atoms with Crippen LogP contribution in [0.4, 0.5) is 18.9 Å². The van der Waals surface area contributed by atoms with Crippen molar-refractivity contribution in [1.29, 1.82) is 0 Å². The van der Waals surface area contributed by atoms with Crippen LogP contribution in [0.5, 0.6) is 0 Å². The Labute approximate surface area is 136 Å². The van der Waals surface area contributed by atoms with E-state index >= 15 is 0 Å². The van der Waals surface area contributed by atoms with Crippen LogP contribution in [0.15, 0.2) is 30.5 Å². The summed E-state index contributed by atoms with van der Waals surface area (Å²) in [5, 5.41) is 7.10. The molecule has 0 bridgehead atoms. The number of hydrogen-bond donors (Lipinski definition) is 3. The number of aryl methyl sites for hydroxylation is 1. The fraction of sp³-hybridized carbons (Fsp3) is 0.333. The molecule has 0 fully saturated rings. The van der Waals surface area contributed by atoms with Gasteiger partial charge in [0.05, 0.1) is 29.0 Å². The third-order valence-electron chi connectivity index (χ3n) is 3.66. The van der Waals surface area contributed by atoms with Gasteiger partial charge < -0.3 is 16.8 Å². The molecule has 0 aliphatic carbocycles. The van der Waals surface area contributed by atoms with Crippen molar-refractivity contribution in [3.8, 4) is 0 Å². The third kappa shape index (κ3) is 3.85. The van der Waals surface area contributed by atoms with Gasteiger partial charge >= 0.3 is 6.18 Å². The molecule has 0 aliphatic heterocycles. The molecule has 2 unspecified atom stereocenters. The Morgan fingerprint density at radius 3 is 2.33 bits per heavy atom. The number of aromatic nitrogens is 2. The molecule has 1 heterocycles. The van der Waals surface area contributed by atoms with Crippen molar-refractivity contribution in [3.05, 3.63) is 47.3 Å². The largest absolute Gasteiger partial charge is 0.416 e. The van der Waals surface area contributed by atoms with Crippen LogP contribution in [0.3, 0.4) is 0 Å². The number of benzene rings is 1. The van der Waals surface area contributed by atoms with Gasteiger partial charge in [-0.25, -0.2) is 0 Å². The Morgan fingerprint density at radius 1 is 1.29 bits per heavy atom. The molecule has 0 spiro atoms. The highest BCUT2D eigenvalue weighted by Crippen LogP contribution is 2.30. The van der Waals surface area contributed by atoms with E-state index in [4.69, 9.17) is 11.5 Å². The van der Waals surface area contributed by atoms with Crippen molar-refractivity contribution in [2.75, 3.05) is 5.32 Å². The minimum Gasteiger partial charge on any atom is -0.368 e. The molecule has 130 valence electrons. The molecule has 6 nitrogen and oxygen atoms in total. The molecule has 1 amide bonds. The van der Waals surface area contributed by atoms with Gasteiger partial charge in [0.25, 0.3) is 5.91 Å². The van der Waals surface area contributed by atoms with Crippen molar-refractivity contribution < 1.29 is 18.0 Å². The molecule has 5 N–H and O–H groups in total. The van der Waals surface area contributed by atoms with Gasteiger partial charge in [0.1, 0.15) is 0 Å². The summed E-state index contributed by atoms with van der Waals surface area (Å²) in [5.74, 6) is -0.588. The lowest BCUT2D eigenvalue weighted by molar-refractivity contribution is -0.137. The minimum absolute atomic E-state index is 0.295. The Bertz CT molecular complexity index is 724. The second-order valence-electron chi connectivity index (χ2n) is 5.46. The number of carbonyl (C=O) groups excluding carboxylic acids is 1. The van der Waals surface area contributed by atoms with Crippen LogP contribution < -0.4 is 16.8 Å². The first-order valence-electron chi connectivity index (χ1n) is 7.14. The first-order valence-corrected chi connectivity index (χ1v) is 7.14. The van der Waals surface area contributed by atoms with Gasteiger partial charge in [0.2, 0.25) is 0 Å². The maximum Gasteiger partial charge on any atom is 0.416 e. The van der Waals surface area contributed by atoms with E-state index in [1.54, 1.807) is 13.8 Å². The number of rotatable bonds is 5. The lowest BCUT2D eigenvalue weighted by Gasteiger charge is -2.22. The highest BCUT2D eigenvalue weighted by molar-refractivity contribution is 5.93. The quantitative estimate of drug-likeness (QED) is 0.727. The zero-order chi connectivity index (χ0) is 18.1. The van der Waals surface area contributed by atoms with E-state index in [1.807, 2.05) is 0 Å². The number of nitrogens with zero attached hydrogens (tertiary/aromatic N) is 2. The summed E-state index contributed by atoms with van der Waals surface area (Å²) in [6, 6.07) is 4.20. The molecular formula is C15H18F3N5O. The van der Waals surface area contributed by atoms with Crippen molar-refractivity contribution in [2.45, 2.75) is 32.2 Å². The summed E-state index contributed by atoms with van der Waals surface area (Å²) in [5.41, 5.74) is 11.8. The van der Waals surface area contributed by atoms with E-state index in [1.165, 1.54) is 23.0 Å². The fourth-order valence-corrected chi connectivity index (χ4v) is 2.17. The summed E-state index contributed by atoms with van der Waals surface area (Å²) < 4.78 is 39.1. The van der Waals surface area contributed by atoms with E-state index < -0.39 is 23.8 Å². The normalized spacial score (nSPS) is 14.2. The minimum atomic E-state index is -4.38. The Balaban J connectivity index is 2.10. The van der Waals surface area contributed by atoms with Gasteiger partial charge in [-0.1, -0.05) is 0 Å². The zero-order valence-electron chi connectivity index (χ0n) is 13.1. The summed E-state index contributed by atoms with van der Waals surface area (Å²) in [7, 11) is 0. The van der Waals surface area contributed by atoms with Crippen molar-refractivity contribution in [3.63, 3.8) is 0 Å². The Morgan fingerprint density at radius 2 is 1.88 bits per heavy atom. The highest BCUT2D eigenvalue weighted by Gasteiger charge is 2.30. The smallest absolute Gasteiger partial charge is 0.368 e. The first kappa shape index (κ1) is 17.8. The van der Waals surface area contributed by atoms with E-state index in [0.717, 1.165) is 12.1 Å². The van der Waals surface area contributed by atoms with Gasteiger partial charge in [0.15, 0.2) is 0 Å². The summed E-state index contributed by atoms with van der Waals surface area (Å²) >= 11 is 0. The number of nitrogens with one attached hydrogen (secondary N) is 1. The van der Waals surface area contributed by atoms with Gasteiger partial charge in [-0.15, -0.1) is 0 Å². The number of amides is 1. The number of nitrogens with two attached hydrogens (primary N) is 2. The predicted octanol–water partition coefficient (Wildman–Crippen LogP) is 2.27. The molecule has 0 saturated carbocycles. The average molecular weight is 341 g/mol. The SMILES string of the molecule is Cc1nn(C(C)C(N)Nc2ccc(C(F)(F)F)cc2)cc1C(N)=O. The monoisotopic (exact) mass is 341 g/mol. The molecule has 24 heavy (non-hydrogen) atoms. The summed E-state index contributed by atoms with van der Waals surface area (Å²) in [6.45, 7) is 3.41. The summed E-state index contributed by atoms with van der Waals surface area (Å²) in [6.07, 6.45) is -3.52. The van der Waals surface area contributed by atoms with Crippen LogP contribution in [-0.2, 0) is 6.18 Å². The molecule has 1 aromatic carbocycles. The van der Waals surface area contributed by atoms with Crippen LogP contribution in [0, 0.1) is 6.92 Å². The molecule has 0 aliphatic rings. The molecule has 1 aromatic heterocycles. The average Bonchev–Trinajstić information content (AvgIpc) is 2.88. The number of halogens is 3. The number of carbonyl (C=O) groups is 1. The number of alkyl halides is 3. The number of primary amides is 1. The molecule has 2 rings (SSSR count). The van der Waals surface area contributed by atoms with Crippen LogP contribution in [0.1, 0.15) is 34.6 Å². The Kier molecular flexibility index (Phi) is 4.83. The maximum absolute atomic E-state index is 12.5. The second kappa shape index (κ2) is 6.52. The van der Waals surface area contributed by atoms with Crippen molar-refractivity contribution in [1.82, 2.24) is 9.78 Å². The van der Waals surface area contributed by atoms with E-state index in [2.05, 4.69) is 10.4 Å². The van der Waals surface area contributed by atoms with Crippen molar-refractivity contribution >= 4 is 11.6 Å². The molecule has 2 aromatic rings. The topological polar surface area (TPSA) is 99.0 Å². The Hall–Kier alpha value is -2.55. The van der Waals surface area contributed by atoms with Crippen LogP contribution in [-0.4, -0.2) is 21.9 Å². The molecule has 2 atom stereocenters. The molecular weight excluding hydrogens is 323 g/mol. The number of anilines is 1. The van der Waals surface area contributed by atoms with Crippen molar-refractivity contribution in [2.24, 2.45) is 11.5 Å². The van der Waals surface area contributed by atoms with Crippen LogP contribution >= 0.6 is 0 Å². The molecule has 9 heteroatoms.